The lowest BCUT2D eigenvalue weighted by atomic mass is 14.0. The van der Waals surface area contributed by atoms with Crippen molar-refractivity contribution in [2.45, 2.75) is 0 Å². The fraction of sp³-hybridized carbons (Fsp3) is 0. The van der Waals surface area contributed by atoms with Crippen molar-refractivity contribution in [3.8, 4) is 0 Å². The fourth-order valence-electron chi connectivity index (χ4n) is 0. The summed E-state index contributed by atoms with van der Waals surface area (Å²) >= 11 is 0. The Kier molecular flexibility index (Phi) is 958. The van der Waals surface area contributed by atoms with Gasteiger partial charge < -0.3 is 31.0 Å². The predicted molar refractivity (Wildman–Crippen MR) is 17.5 cm³/mol. The van der Waals surface area contributed by atoms with Gasteiger partial charge in [-0.05, 0) is 0 Å². The van der Waals surface area contributed by atoms with Crippen molar-refractivity contribution in [3.63, 3.8) is 0 Å². The zero-order valence-electron chi connectivity index (χ0n) is 2.33. The van der Waals surface area contributed by atoms with E-state index in [2.05, 4.69) is 0 Å². The van der Waals surface area contributed by atoms with Gasteiger partial charge in [-0.15, -0.1) is 0 Å². The van der Waals surface area contributed by atoms with Gasteiger partial charge in [0.25, 0.3) is 0 Å². The number of hydrogen-bond donors (Lipinski definition) is 1. The first kappa shape index (κ1) is 93.4. The summed E-state index contributed by atoms with van der Waals surface area (Å²) in [5.74, 6) is 0. The van der Waals surface area contributed by atoms with Gasteiger partial charge in [0, 0.05) is 0 Å². The molecular formula is H7Cl2NS. The zero-order chi connectivity index (χ0) is 0. The standard InChI is InChI=1S/2ClH.H3N.H2S/h2*1H;1H3;1H2. The Labute approximate surface area is 45.0 Å². The Morgan fingerprint density at radius 2 is 0.750 bits per heavy atom. The maximum Gasteiger partial charge on any atom is -0.0576 e. The van der Waals surface area contributed by atoms with Crippen LogP contribution in [0.4, 0.5) is 0 Å². The van der Waals surface area contributed by atoms with Crippen molar-refractivity contribution >= 4 is 13.5 Å². The molecule has 0 amide bonds. The quantitative estimate of drug-likeness (QED) is 0.312. The lowest BCUT2D eigenvalue weighted by Crippen LogP contribution is -3.00. The molecule has 32 valence electrons. The summed E-state index contributed by atoms with van der Waals surface area (Å²) in [5.41, 5.74) is 0. The molecule has 0 aromatic carbocycles. The van der Waals surface area contributed by atoms with Crippen LogP contribution < -0.4 is 31.0 Å². The summed E-state index contributed by atoms with van der Waals surface area (Å²) in [6, 6.07) is 0. The lowest BCUT2D eigenvalue weighted by Gasteiger charge is -1.00. The average molecular weight is 124 g/mol. The van der Waals surface area contributed by atoms with Crippen LogP contribution in [0.3, 0.4) is 0 Å². The maximum atomic E-state index is 0. The van der Waals surface area contributed by atoms with Crippen LogP contribution in [0, 0.1) is 0 Å². The van der Waals surface area contributed by atoms with E-state index >= 15 is 0 Å². The highest BCUT2D eigenvalue weighted by Gasteiger charge is -0.0576. The molecule has 4 heteroatoms. The third-order valence-electron chi connectivity index (χ3n) is 0. The van der Waals surface area contributed by atoms with E-state index < -0.39 is 0 Å². The topological polar surface area (TPSA) is 36.5 Å². The highest BCUT2D eigenvalue weighted by Crippen LogP contribution is -0.00240. The summed E-state index contributed by atoms with van der Waals surface area (Å²) in [4.78, 5) is 0. The summed E-state index contributed by atoms with van der Waals surface area (Å²) < 4.78 is 0. The third kappa shape index (κ3) is 13.0. The Bertz CT molecular complexity index is 6.00. The van der Waals surface area contributed by atoms with Gasteiger partial charge >= 0.3 is 0 Å². The molecule has 4 N–H and O–H groups in total. The van der Waals surface area contributed by atoms with Crippen LogP contribution in [0.15, 0.2) is 0 Å². The van der Waals surface area contributed by atoms with Gasteiger partial charge in [0.2, 0.25) is 0 Å². The second-order valence-corrected chi connectivity index (χ2v) is 0. The largest absolute Gasteiger partial charge is 1.00 e. The first-order valence-electron chi connectivity index (χ1n) is 0. The van der Waals surface area contributed by atoms with Crippen molar-refractivity contribution in [1.29, 1.82) is 0 Å². The molecule has 0 spiro atoms. The van der Waals surface area contributed by atoms with E-state index in [-0.39, 0.29) is 44.5 Å². The molecule has 0 atom stereocenters. The monoisotopic (exact) mass is 123 g/mol. The second kappa shape index (κ2) is 41.0. The first-order valence-corrected chi connectivity index (χ1v) is 0. The highest BCUT2D eigenvalue weighted by atomic mass is 35.5. The number of halogens is 2. The molecule has 0 heterocycles. The Morgan fingerprint density at radius 3 is 0.750 bits per heavy atom. The van der Waals surface area contributed by atoms with E-state index in [4.69, 9.17) is 0 Å². The molecule has 0 unspecified atom stereocenters. The molecule has 0 saturated carbocycles. The molecule has 0 fully saturated rings. The first-order chi connectivity index (χ1) is 0. The van der Waals surface area contributed by atoms with Crippen LogP contribution in [0.2, 0.25) is 0 Å². The molecule has 0 aromatic rings. The summed E-state index contributed by atoms with van der Waals surface area (Å²) in [5, 5.41) is 0. The molecule has 4 heavy (non-hydrogen) atoms. The minimum absolute atomic E-state index is 0. The number of hydrogen-bond acceptors (Lipinski definition) is 0. The zero-order valence-corrected chi connectivity index (χ0v) is 5.00. The van der Waals surface area contributed by atoms with E-state index in [0.29, 0.717) is 0 Å². The Balaban J connectivity index is 0. The van der Waals surface area contributed by atoms with Crippen molar-refractivity contribution < 1.29 is 24.8 Å². The molecule has 1 nitrogen and oxygen atoms in total. The minimum Gasteiger partial charge on any atom is -1.00 e. The van der Waals surface area contributed by atoms with E-state index in [1.165, 1.54) is 0 Å². The molecule has 0 aliphatic carbocycles. The molecule has 0 bridgehead atoms. The van der Waals surface area contributed by atoms with E-state index in [9.17, 15) is 0 Å². The summed E-state index contributed by atoms with van der Waals surface area (Å²) in [6.07, 6.45) is 0. The van der Waals surface area contributed by atoms with Gasteiger partial charge in [-0.25, -0.2) is 0 Å². The normalized spacial score (nSPS) is 0. The molecule has 0 rings (SSSR count). The van der Waals surface area contributed by atoms with Crippen LogP contribution in [0.25, 0.3) is 0 Å². The fourth-order valence-corrected chi connectivity index (χ4v) is 0. The molecule has 0 aliphatic heterocycles. The van der Waals surface area contributed by atoms with Crippen molar-refractivity contribution in [2.75, 3.05) is 0 Å². The maximum absolute atomic E-state index is 0. The van der Waals surface area contributed by atoms with Crippen LogP contribution in [0.1, 0.15) is 0 Å². The van der Waals surface area contributed by atoms with E-state index in [0.717, 1.165) is 0 Å². The van der Waals surface area contributed by atoms with Crippen LogP contribution in [0.5, 0.6) is 0 Å². The molecule has 0 aromatic heterocycles. The minimum atomic E-state index is 0. The van der Waals surface area contributed by atoms with Crippen molar-refractivity contribution in [1.82, 2.24) is 6.15 Å². The summed E-state index contributed by atoms with van der Waals surface area (Å²) in [7, 11) is 0. The van der Waals surface area contributed by atoms with E-state index in [1.54, 1.807) is 0 Å². The van der Waals surface area contributed by atoms with E-state index in [1.807, 2.05) is 0 Å². The van der Waals surface area contributed by atoms with Gasteiger partial charge in [0.15, 0.2) is 0 Å². The van der Waals surface area contributed by atoms with Crippen LogP contribution >= 0.6 is 0 Å². The molecule has 0 aliphatic rings. The summed E-state index contributed by atoms with van der Waals surface area (Å²) in [6.45, 7) is 0. The predicted octanol–water partition coefficient (Wildman–Crippen LogP) is -6.42. The van der Waals surface area contributed by atoms with Crippen LogP contribution in [-0.2, 0) is 13.5 Å². The average Bonchev–Trinajstić information content (AvgIpc) is 0. The smallest absolute Gasteiger partial charge is 0.0576 e. The molecule has 0 saturated heterocycles. The van der Waals surface area contributed by atoms with Gasteiger partial charge in [0.05, 0.1) is 0 Å². The van der Waals surface area contributed by atoms with Crippen molar-refractivity contribution in [3.05, 3.63) is 0 Å². The number of quaternary nitrogens is 1. The molecular weight excluding hydrogens is 117 g/mol. The van der Waals surface area contributed by atoms with Gasteiger partial charge in [0.1, 0.15) is 0 Å². The molecule has 0 radical (unpaired) electrons. The van der Waals surface area contributed by atoms with Gasteiger partial charge in [-0.3, -0.25) is 0 Å². The van der Waals surface area contributed by atoms with Crippen LogP contribution in [-0.4, -0.2) is 0 Å². The highest BCUT2D eigenvalue weighted by molar-refractivity contribution is 7.37. The third-order valence-corrected chi connectivity index (χ3v) is 0. The van der Waals surface area contributed by atoms with Gasteiger partial charge in [-0.1, -0.05) is 13.5 Å². The lowest BCUT2D eigenvalue weighted by molar-refractivity contribution is -0.00100. The SMILES string of the molecule is [Cl-].[Cl-].[NH4+].[SH3+]. The Morgan fingerprint density at radius 1 is 0.750 bits per heavy atom. The number of rotatable bonds is 0. The van der Waals surface area contributed by atoms with Gasteiger partial charge in [-0.2, -0.15) is 0 Å². The van der Waals surface area contributed by atoms with Crippen molar-refractivity contribution in [2.24, 2.45) is 0 Å². The second-order valence-electron chi connectivity index (χ2n) is 0. The Hall–Kier alpha value is 0.890.